The standard InChI is InChI=1S/C19H29BrN6O.HI/c1-5-27-12-6-11-21-19(22-13-18-24-23-15(2)26(18)4)25(3)14-16-7-9-17(20)10-8-16;/h7-10H,5-6,11-14H2,1-4H3,(H,21,22);1H. The monoisotopic (exact) mass is 564 g/mol. The highest BCUT2D eigenvalue weighted by atomic mass is 127. The maximum Gasteiger partial charge on any atom is 0.194 e. The molecule has 0 aliphatic carbocycles. The smallest absolute Gasteiger partial charge is 0.194 e. The van der Waals surface area contributed by atoms with Crippen LogP contribution >= 0.6 is 39.9 Å². The van der Waals surface area contributed by atoms with Crippen molar-refractivity contribution < 1.29 is 4.74 Å². The zero-order valence-corrected chi connectivity index (χ0v) is 20.9. The molecule has 0 aliphatic rings. The molecule has 0 spiro atoms. The number of ether oxygens (including phenoxy) is 1. The van der Waals surface area contributed by atoms with Crippen LogP contribution in [0, 0.1) is 6.92 Å². The molecule has 2 aromatic rings. The van der Waals surface area contributed by atoms with Gasteiger partial charge in [-0.25, -0.2) is 4.99 Å². The minimum Gasteiger partial charge on any atom is -0.382 e. The molecule has 9 heteroatoms. The van der Waals surface area contributed by atoms with Crippen LogP contribution in [0.15, 0.2) is 33.7 Å². The van der Waals surface area contributed by atoms with Gasteiger partial charge in [0, 0.05) is 44.9 Å². The number of aryl methyl sites for hydroxylation is 1. The summed E-state index contributed by atoms with van der Waals surface area (Å²) in [5.41, 5.74) is 1.22. The largest absolute Gasteiger partial charge is 0.382 e. The van der Waals surface area contributed by atoms with E-state index in [4.69, 9.17) is 9.73 Å². The van der Waals surface area contributed by atoms with E-state index in [-0.39, 0.29) is 24.0 Å². The second-order valence-corrected chi connectivity index (χ2v) is 7.24. The van der Waals surface area contributed by atoms with Crippen molar-refractivity contribution in [2.24, 2.45) is 12.0 Å². The molecule has 28 heavy (non-hydrogen) atoms. The van der Waals surface area contributed by atoms with Gasteiger partial charge >= 0.3 is 0 Å². The van der Waals surface area contributed by atoms with Gasteiger partial charge in [-0.3, -0.25) is 0 Å². The first-order valence-electron chi connectivity index (χ1n) is 9.17. The summed E-state index contributed by atoms with van der Waals surface area (Å²) < 4.78 is 8.45. The van der Waals surface area contributed by atoms with E-state index in [1.807, 2.05) is 32.5 Å². The molecule has 1 aromatic carbocycles. The van der Waals surface area contributed by atoms with Gasteiger partial charge in [0.15, 0.2) is 11.8 Å². The summed E-state index contributed by atoms with van der Waals surface area (Å²) in [4.78, 5) is 6.88. The first-order valence-corrected chi connectivity index (χ1v) is 9.97. The SMILES string of the molecule is CCOCCCNC(=NCc1nnc(C)n1C)N(C)Cc1ccc(Br)cc1.I. The van der Waals surface area contributed by atoms with Crippen molar-refractivity contribution in [2.45, 2.75) is 33.4 Å². The van der Waals surface area contributed by atoms with Crippen LogP contribution in [-0.2, 0) is 24.9 Å². The molecule has 0 amide bonds. The Morgan fingerprint density at radius 1 is 1.29 bits per heavy atom. The van der Waals surface area contributed by atoms with Crippen molar-refractivity contribution >= 4 is 45.9 Å². The number of nitrogens with one attached hydrogen (secondary N) is 1. The number of guanidine groups is 1. The number of halogens is 2. The molecular weight excluding hydrogens is 535 g/mol. The summed E-state index contributed by atoms with van der Waals surface area (Å²) >= 11 is 3.48. The third kappa shape index (κ3) is 8.04. The highest BCUT2D eigenvalue weighted by Crippen LogP contribution is 2.12. The number of hydrogen-bond donors (Lipinski definition) is 1. The summed E-state index contributed by atoms with van der Waals surface area (Å²) in [6.07, 6.45) is 0.933. The van der Waals surface area contributed by atoms with Crippen LogP contribution in [0.4, 0.5) is 0 Å². The summed E-state index contributed by atoms with van der Waals surface area (Å²) in [7, 11) is 4.00. The van der Waals surface area contributed by atoms with Gasteiger partial charge < -0.3 is 19.5 Å². The van der Waals surface area contributed by atoms with E-state index >= 15 is 0 Å². The minimum atomic E-state index is 0. The van der Waals surface area contributed by atoms with E-state index < -0.39 is 0 Å². The van der Waals surface area contributed by atoms with Crippen LogP contribution in [-0.4, -0.2) is 52.4 Å². The zero-order chi connectivity index (χ0) is 19.6. The van der Waals surface area contributed by atoms with Crippen LogP contribution in [0.1, 0.15) is 30.6 Å². The fourth-order valence-corrected chi connectivity index (χ4v) is 2.77. The van der Waals surface area contributed by atoms with Gasteiger partial charge in [0.05, 0.1) is 0 Å². The van der Waals surface area contributed by atoms with Crippen LogP contribution in [0.3, 0.4) is 0 Å². The maximum atomic E-state index is 5.41. The lowest BCUT2D eigenvalue weighted by Crippen LogP contribution is -2.39. The lowest BCUT2D eigenvalue weighted by atomic mass is 10.2. The zero-order valence-electron chi connectivity index (χ0n) is 17.0. The van der Waals surface area contributed by atoms with Crippen molar-refractivity contribution in [2.75, 3.05) is 26.8 Å². The highest BCUT2D eigenvalue weighted by molar-refractivity contribution is 14.0. The second-order valence-electron chi connectivity index (χ2n) is 6.32. The third-order valence-corrected chi connectivity index (χ3v) is 4.73. The minimum absolute atomic E-state index is 0. The Balaban J connectivity index is 0.00000392. The van der Waals surface area contributed by atoms with Crippen LogP contribution in [0.2, 0.25) is 0 Å². The molecule has 0 bridgehead atoms. The Labute approximate surface area is 193 Å². The normalized spacial score (nSPS) is 11.2. The molecule has 7 nitrogen and oxygen atoms in total. The van der Waals surface area contributed by atoms with E-state index in [1.54, 1.807) is 0 Å². The molecule has 1 aromatic heterocycles. The van der Waals surface area contributed by atoms with Crippen LogP contribution in [0.25, 0.3) is 0 Å². The average molecular weight is 565 g/mol. The predicted octanol–water partition coefficient (Wildman–Crippen LogP) is 3.51. The van der Waals surface area contributed by atoms with E-state index in [0.29, 0.717) is 6.54 Å². The van der Waals surface area contributed by atoms with E-state index in [2.05, 4.69) is 60.6 Å². The quantitative estimate of drug-likeness (QED) is 0.218. The van der Waals surface area contributed by atoms with Crippen molar-refractivity contribution in [3.05, 3.63) is 46.0 Å². The van der Waals surface area contributed by atoms with Crippen molar-refractivity contribution in [3.8, 4) is 0 Å². The second kappa shape index (κ2) is 13.1. The van der Waals surface area contributed by atoms with Crippen LogP contribution < -0.4 is 5.32 Å². The fourth-order valence-electron chi connectivity index (χ4n) is 2.50. The van der Waals surface area contributed by atoms with Crippen molar-refractivity contribution in [1.82, 2.24) is 25.0 Å². The number of benzene rings is 1. The Morgan fingerprint density at radius 2 is 2.00 bits per heavy atom. The molecule has 1 N–H and O–H groups in total. The van der Waals surface area contributed by atoms with Gasteiger partial charge in [-0.05, 0) is 38.0 Å². The molecule has 0 atom stereocenters. The summed E-state index contributed by atoms with van der Waals surface area (Å²) in [6.45, 7) is 7.49. The van der Waals surface area contributed by atoms with E-state index in [1.165, 1.54) is 5.56 Å². The molecular formula is C19H30BrIN6O. The lowest BCUT2D eigenvalue weighted by molar-refractivity contribution is 0.145. The van der Waals surface area contributed by atoms with Crippen molar-refractivity contribution in [1.29, 1.82) is 0 Å². The Kier molecular flexibility index (Phi) is 11.6. The van der Waals surface area contributed by atoms with Crippen molar-refractivity contribution in [3.63, 3.8) is 0 Å². The third-order valence-electron chi connectivity index (χ3n) is 4.20. The first-order chi connectivity index (χ1) is 13.0. The molecule has 2 rings (SSSR count). The first kappa shape index (κ1) is 24.8. The van der Waals surface area contributed by atoms with Gasteiger partial charge in [0.2, 0.25) is 0 Å². The van der Waals surface area contributed by atoms with Gasteiger partial charge in [-0.15, -0.1) is 34.2 Å². The molecule has 1 heterocycles. The fraction of sp³-hybridized carbons (Fsp3) is 0.526. The molecule has 0 aliphatic heterocycles. The molecule has 0 fully saturated rings. The van der Waals surface area contributed by atoms with E-state index in [0.717, 1.165) is 54.8 Å². The maximum absolute atomic E-state index is 5.41. The van der Waals surface area contributed by atoms with Gasteiger partial charge in [0.25, 0.3) is 0 Å². The molecule has 156 valence electrons. The molecule has 0 radical (unpaired) electrons. The number of nitrogens with zero attached hydrogens (tertiary/aromatic N) is 5. The Hall–Kier alpha value is -1.20. The van der Waals surface area contributed by atoms with Crippen LogP contribution in [0.5, 0.6) is 0 Å². The number of aromatic nitrogens is 3. The highest BCUT2D eigenvalue weighted by Gasteiger charge is 2.09. The molecule has 0 saturated carbocycles. The Morgan fingerprint density at radius 3 is 2.61 bits per heavy atom. The average Bonchev–Trinajstić information content (AvgIpc) is 2.97. The summed E-state index contributed by atoms with van der Waals surface area (Å²) in [5, 5.41) is 11.7. The Bertz CT molecular complexity index is 735. The summed E-state index contributed by atoms with van der Waals surface area (Å²) in [6, 6.07) is 8.33. The van der Waals surface area contributed by atoms with Gasteiger partial charge in [-0.1, -0.05) is 28.1 Å². The number of rotatable bonds is 9. The molecule has 0 saturated heterocycles. The lowest BCUT2D eigenvalue weighted by Gasteiger charge is -2.22. The number of aliphatic imine (C=N–C) groups is 1. The number of hydrogen-bond acceptors (Lipinski definition) is 4. The summed E-state index contributed by atoms with van der Waals surface area (Å²) in [5.74, 6) is 2.57. The topological polar surface area (TPSA) is 67.6 Å². The van der Waals surface area contributed by atoms with Gasteiger partial charge in [0.1, 0.15) is 12.4 Å². The predicted molar refractivity (Wildman–Crippen MR) is 127 cm³/mol. The molecule has 0 unspecified atom stereocenters. The van der Waals surface area contributed by atoms with Gasteiger partial charge in [-0.2, -0.15) is 0 Å². The van der Waals surface area contributed by atoms with E-state index in [9.17, 15) is 0 Å².